The van der Waals surface area contributed by atoms with Gasteiger partial charge in [0.2, 0.25) is 6.79 Å². The van der Waals surface area contributed by atoms with Gasteiger partial charge in [-0.25, -0.2) is 4.39 Å². The normalized spacial score (nSPS) is 11.7. The van der Waals surface area contributed by atoms with Crippen LogP contribution in [0.25, 0.3) is 0 Å². The first kappa shape index (κ1) is 21.7. The quantitative estimate of drug-likeness (QED) is 0.506. The number of methoxy groups -OCH3 is 2. The number of hydrogen-bond donors (Lipinski definition) is 1. The van der Waals surface area contributed by atoms with Gasteiger partial charge in [0.05, 0.1) is 19.9 Å². The molecule has 0 fully saturated rings. The molecule has 0 aliphatic carbocycles. The molecule has 3 aromatic carbocycles. The molecular weight excluding hydrogens is 431 g/mol. The van der Waals surface area contributed by atoms with Crippen LogP contribution in [-0.2, 0) is 13.1 Å². The Morgan fingerprint density at radius 3 is 2.41 bits per heavy atom. The van der Waals surface area contributed by atoms with E-state index in [2.05, 4.69) is 5.32 Å². The molecule has 32 heavy (non-hydrogen) atoms. The number of halogens is 1. The largest absolute Gasteiger partial charge is 0.497 e. The molecule has 166 valence electrons. The second-order valence-corrected chi connectivity index (χ2v) is 7.55. The van der Waals surface area contributed by atoms with Crippen LogP contribution in [0.4, 0.5) is 10.1 Å². The molecule has 1 heterocycles. The monoisotopic (exact) mass is 454 g/mol. The van der Waals surface area contributed by atoms with Gasteiger partial charge < -0.3 is 29.2 Å². The first-order valence-corrected chi connectivity index (χ1v) is 10.4. The summed E-state index contributed by atoms with van der Waals surface area (Å²) < 4.78 is 35.0. The summed E-state index contributed by atoms with van der Waals surface area (Å²) in [6.45, 7) is 1.21. The maximum Gasteiger partial charge on any atom is 0.231 e. The van der Waals surface area contributed by atoms with Crippen molar-refractivity contribution < 1.29 is 23.3 Å². The highest BCUT2D eigenvalue weighted by Crippen LogP contribution is 2.33. The molecule has 0 unspecified atom stereocenters. The predicted octanol–water partition coefficient (Wildman–Crippen LogP) is 4.97. The van der Waals surface area contributed by atoms with Crippen LogP contribution >= 0.6 is 12.2 Å². The number of benzene rings is 3. The van der Waals surface area contributed by atoms with E-state index < -0.39 is 0 Å². The van der Waals surface area contributed by atoms with Crippen molar-refractivity contribution in [2.45, 2.75) is 13.1 Å². The Morgan fingerprint density at radius 1 is 0.938 bits per heavy atom. The molecule has 1 aliphatic rings. The topological polar surface area (TPSA) is 52.2 Å². The first-order chi connectivity index (χ1) is 15.6. The summed E-state index contributed by atoms with van der Waals surface area (Å²) in [5.41, 5.74) is 2.65. The Kier molecular flexibility index (Phi) is 6.61. The number of thiocarbonyl (C=S) groups is 1. The molecule has 8 heteroatoms. The van der Waals surface area contributed by atoms with Crippen molar-refractivity contribution in [2.24, 2.45) is 0 Å². The van der Waals surface area contributed by atoms with Crippen LogP contribution in [0, 0.1) is 5.82 Å². The van der Waals surface area contributed by atoms with Crippen molar-refractivity contribution in [3.05, 3.63) is 77.6 Å². The lowest BCUT2D eigenvalue weighted by molar-refractivity contribution is 0.174. The van der Waals surface area contributed by atoms with Crippen LogP contribution < -0.4 is 24.3 Å². The molecule has 0 atom stereocenters. The van der Waals surface area contributed by atoms with Crippen LogP contribution in [0.1, 0.15) is 11.1 Å². The minimum absolute atomic E-state index is 0.218. The number of hydrogen-bond acceptors (Lipinski definition) is 5. The van der Waals surface area contributed by atoms with Gasteiger partial charge in [-0.05, 0) is 59.7 Å². The standard InChI is InChI=1S/C24H23FN2O4S/c1-28-19-8-9-20(22(12-19)29-2)26-24(32)27(13-16-3-6-18(25)7-4-16)14-17-5-10-21-23(11-17)31-15-30-21/h3-12H,13-15H2,1-2H3,(H,26,32). The van der Waals surface area contributed by atoms with Crippen molar-refractivity contribution in [2.75, 3.05) is 26.3 Å². The minimum atomic E-state index is -0.278. The maximum absolute atomic E-state index is 13.4. The number of rotatable bonds is 7. The van der Waals surface area contributed by atoms with Crippen molar-refractivity contribution in [3.8, 4) is 23.0 Å². The van der Waals surface area contributed by atoms with Crippen molar-refractivity contribution in [1.82, 2.24) is 4.90 Å². The molecule has 6 nitrogen and oxygen atoms in total. The van der Waals surface area contributed by atoms with Crippen molar-refractivity contribution in [1.29, 1.82) is 0 Å². The van der Waals surface area contributed by atoms with E-state index in [1.165, 1.54) is 12.1 Å². The highest BCUT2D eigenvalue weighted by atomic mass is 32.1. The SMILES string of the molecule is COc1ccc(NC(=S)N(Cc2ccc(F)cc2)Cc2ccc3c(c2)OCO3)c(OC)c1. The maximum atomic E-state index is 13.4. The van der Waals surface area contributed by atoms with E-state index in [1.807, 2.05) is 35.2 Å². The lowest BCUT2D eigenvalue weighted by atomic mass is 10.1. The molecule has 0 saturated heterocycles. The Bertz CT molecular complexity index is 1110. The van der Waals surface area contributed by atoms with E-state index in [4.69, 9.17) is 31.2 Å². The lowest BCUT2D eigenvalue weighted by Crippen LogP contribution is -2.34. The summed E-state index contributed by atoms with van der Waals surface area (Å²) in [7, 11) is 3.19. The summed E-state index contributed by atoms with van der Waals surface area (Å²) in [6, 6.07) is 17.6. The molecule has 1 aliphatic heterocycles. The fourth-order valence-electron chi connectivity index (χ4n) is 3.37. The second-order valence-electron chi connectivity index (χ2n) is 7.17. The molecule has 0 amide bonds. The number of anilines is 1. The Hall–Kier alpha value is -3.52. The Balaban J connectivity index is 1.57. The highest BCUT2D eigenvalue weighted by molar-refractivity contribution is 7.80. The summed E-state index contributed by atoms with van der Waals surface area (Å²) in [5.74, 6) is 2.44. The average molecular weight is 455 g/mol. The number of nitrogens with zero attached hydrogens (tertiary/aromatic N) is 1. The van der Waals surface area contributed by atoms with Crippen LogP contribution in [0.5, 0.6) is 23.0 Å². The predicted molar refractivity (Wildman–Crippen MR) is 124 cm³/mol. The fourth-order valence-corrected chi connectivity index (χ4v) is 3.60. The van der Waals surface area contributed by atoms with Crippen LogP contribution in [-0.4, -0.2) is 31.0 Å². The van der Waals surface area contributed by atoms with Gasteiger partial charge in [0.15, 0.2) is 16.6 Å². The van der Waals surface area contributed by atoms with Crippen LogP contribution in [0.3, 0.4) is 0 Å². The van der Waals surface area contributed by atoms with Crippen molar-refractivity contribution >= 4 is 23.0 Å². The summed E-state index contributed by atoms with van der Waals surface area (Å²) in [5, 5.41) is 3.76. The van der Waals surface area contributed by atoms with Gasteiger partial charge in [-0.3, -0.25) is 0 Å². The van der Waals surface area contributed by atoms with Gasteiger partial charge in [0.25, 0.3) is 0 Å². The number of nitrogens with one attached hydrogen (secondary N) is 1. The summed E-state index contributed by atoms with van der Waals surface area (Å²) in [4.78, 5) is 1.99. The summed E-state index contributed by atoms with van der Waals surface area (Å²) >= 11 is 5.75. The smallest absolute Gasteiger partial charge is 0.231 e. The molecule has 3 aromatic rings. The molecule has 1 N–H and O–H groups in total. The molecular formula is C24H23FN2O4S. The van der Waals surface area contributed by atoms with Crippen molar-refractivity contribution in [3.63, 3.8) is 0 Å². The summed E-state index contributed by atoms with van der Waals surface area (Å²) in [6.07, 6.45) is 0. The molecule has 4 rings (SSSR count). The second kappa shape index (κ2) is 9.74. The van der Waals surface area contributed by atoms with E-state index in [0.29, 0.717) is 41.1 Å². The van der Waals surface area contributed by atoms with Gasteiger partial charge in [-0.15, -0.1) is 0 Å². The molecule has 0 bridgehead atoms. The fraction of sp³-hybridized carbons (Fsp3) is 0.208. The molecule has 0 aromatic heterocycles. The van der Waals surface area contributed by atoms with Crippen LogP contribution in [0.2, 0.25) is 0 Å². The van der Waals surface area contributed by atoms with E-state index in [1.54, 1.807) is 32.4 Å². The zero-order chi connectivity index (χ0) is 22.5. The minimum Gasteiger partial charge on any atom is -0.497 e. The number of ether oxygens (including phenoxy) is 4. The zero-order valence-corrected chi connectivity index (χ0v) is 18.6. The Labute approximate surface area is 191 Å². The average Bonchev–Trinajstić information content (AvgIpc) is 3.28. The van der Waals surface area contributed by atoms with E-state index in [0.717, 1.165) is 16.9 Å². The van der Waals surface area contributed by atoms with Crippen LogP contribution in [0.15, 0.2) is 60.7 Å². The van der Waals surface area contributed by atoms with Gasteiger partial charge in [-0.2, -0.15) is 0 Å². The Morgan fingerprint density at radius 2 is 1.66 bits per heavy atom. The molecule has 0 spiro atoms. The third-order valence-corrected chi connectivity index (χ3v) is 5.39. The molecule has 0 saturated carbocycles. The lowest BCUT2D eigenvalue weighted by Gasteiger charge is -2.27. The van der Waals surface area contributed by atoms with Gasteiger partial charge in [-0.1, -0.05) is 18.2 Å². The highest BCUT2D eigenvalue weighted by Gasteiger charge is 2.18. The first-order valence-electron chi connectivity index (χ1n) is 9.96. The van der Waals surface area contributed by atoms with E-state index in [9.17, 15) is 4.39 Å². The van der Waals surface area contributed by atoms with Gasteiger partial charge in [0.1, 0.15) is 17.3 Å². The third kappa shape index (κ3) is 5.03. The van der Waals surface area contributed by atoms with E-state index >= 15 is 0 Å². The molecule has 0 radical (unpaired) electrons. The van der Waals surface area contributed by atoms with Gasteiger partial charge in [0, 0.05) is 19.2 Å². The van der Waals surface area contributed by atoms with E-state index in [-0.39, 0.29) is 12.6 Å². The zero-order valence-electron chi connectivity index (χ0n) is 17.8. The van der Waals surface area contributed by atoms with Gasteiger partial charge >= 0.3 is 0 Å². The third-order valence-electron chi connectivity index (χ3n) is 5.03. The number of fused-ring (bicyclic) bond motifs is 1.